The van der Waals surface area contributed by atoms with Crippen molar-refractivity contribution in [3.05, 3.63) is 70.0 Å². The third kappa shape index (κ3) is 3.96. The molecule has 0 saturated carbocycles. The summed E-state index contributed by atoms with van der Waals surface area (Å²) in [6, 6.07) is 10.3. The maximum atomic E-state index is 12.7. The molecule has 3 rings (SSSR count). The predicted molar refractivity (Wildman–Crippen MR) is 98.9 cm³/mol. The monoisotopic (exact) mass is 351 g/mol. The maximum Gasteiger partial charge on any atom is 0.338 e. The van der Waals surface area contributed by atoms with Crippen LogP contribution in [0.4, 0.5) is 0 Å². The minimum absolute atomic E-state index is 0.224. The first kappa shape index (κ1) is 17.8. The third-order valence-electron chi connectivity index (χ3n) is 4.01. The Balaban J connectivity index is 1.90. The molecule has 1 aromatic carbocycles. The van der Waals surface area contributed by atoms with Crippen LogP contribution >= 0.6 is 0 Å². The molecule has 6 heteroatoms. The molecule has 0 amide bonds. The fourth-order valence-corrected chi connectivity index (χ4v) is 2.80. The Morgan fingerprint density at radius 2 is 2.04 bits per heavy atom. The van der Waals surface area contributed by atoms with E-state index >= 15 is 0 Å². The molecule has 6 nitrogen and oxygen atoms in total. The van der Waals surface area contributed by atoms with Gasteiger partial charge in [0.15, 0.2) is 0 Å². The van der Waals surface area contributed by atoms with Gasteiger partial charge >= 0.3 is 5.97 Å². The van der Waals surface area contributed by atoms with E-state index in [1.165, 1.54) is 0 Å². The van der Waals surface area contributed by atoms with E-state index in [1.807, 2.05) is 18.2 Å². The van der Waals surface area contributed by atoms with Gasteiger partial charge in [0.25, 0.3) is 5.56 Å². The summed E-state index contributed by atoms with van der Waals surface area (Å²) in [5.74, 6) is 0.386. The molecule has 134 valence electrons. The van der Waals surface area contributed by atoms with Gasteiger partial charge in [-0.3, -0.25) is 9.78 Å². The van der Waals surface area contributed by atoms with Crippen molar-refractivity contribution in [3.8, 4) is 0 Å². The molecular formula is C20H21N3O3. The number of carbonyl (C=O) groups excluding carboxylic acids is 1. The summed E-state index contributed by atoms with van der Waals surface area (Å²) in [4.78, 5) is 35.9. The lowest BCUT2D eigenvalue weighted by Gasteiger charge is -2.19. The lowest BCUT2D eigenvalue weighted by molar-refractivity contribution is 0.0237. The molecule has 0 bridgehead atoms. The number of rotatable bonds is 5. The highest BCUT2D eigenvalue weighted by molar-refractivity contribution is 5.94. The Kier molecular flexibility index (Phi) is 5.11. The number of benzene rings is 1. The number of hydrogen-bond acceptors (Lipinski definition) is 5. The van der Waals surface area contributed by atoms with E-state index in [0.717, 1.165) is 5.69 Å². The number of nitrogens with zero attached hydrogens (tertiary/aromatic N) is 2. The van der Waals surface area contributed by atoms with Gasteiger partial charge in [0, 0.05) is 6.20 Å². The molecule has 2 aromatic heterocycles. The van der Waals surface area contributed by atoms with Crippen molar-refractivity contribution in [1.82, 2.24) is 15.0 Å². The van der Waals surface area contributed by atoms with E-state index in [2.05, 4.69) is 28.8 Å². The molecule has 3 aromatic rings. The average Bonchev–Trinajstić information content (AvgIpc) is 2.60. The average molecular weight is 351 g/mol. The van der Waals surface area contributed by atoms with Gasteiger partial charge in [0.1, 0.15) is 11.9 Å². The number of ether oxygens (including phenoxy) is 1. The smallest absolute Gasteiger partial charge is 0.338 e. The van der Waals surface area contributed by atoms with Crippen molar-refractivity contribution in [2.75, 3.05) is 0 Å². The van der Waals surface area contributed by atoms with Crippen LogP contribution in [0.1, 0.15) is 48.2 Å². The Labute approximate surface area is 151 Å². The minimum Gasteiger partial charge on any atom is -0.452 e. The van der Waals surface area contributed by atoms with Gasteiger partial charge in [0.2, 0.25) is 0 Å². The van der Waals surface area contributed by atoms with Gasteiger partial charge in [0.05, 0.1) is 22.2 Å². The molecule has 0 saturated heterocycles. The third-order valence-corrected chi connectivity index (χ3v) is 4.01. The van der Waals surface area contributed by atoms with Crippen LogP contribution in [-0.4, -0.2) is 20.9 Å². The van der Waals surface area contributed by atoms with Crippen LogP contribution in [-0.2, 0) is 4.74 Å². The van der Waals surface area contributed by atoms with Crippen LogP contribution in [0.5, 0.6) is 0 Å². The second-order valence-electron chi connectivity index (χ2n) is 6.66. The zero-order valence-corrected chi connectivity index (χ0v) is 15.0. The summed E-state index contributed by atoms with van der Waals surface area (Å²) in [6.07, 6.45) is 1.94. The van der Waals surface area contributed by atoms with Crippen LogP contribution in [0.25, 0.3) is 10.9 Å². The number of H-pyrrole nitrogens is 1. The first-order valence-electron chi connectivity index (χ1n) is 8.56. The molecule has 0 aliphatic heterocycles. The van der Waals surface area contributed by atoms with Crippen LogP contribution in [0.15, 0.2) is 47.4 Å². The first-order valence-corrected chi connectivity index (χ1v) is 8.56. The summed E-state index contributed by atoms with van der Waals surface area (Å²) >= 11 is 0. The Bertz CT molecular complexity index is 981. The van der Waals surface area contributed by atoms with Crippen LogP contribution < -0.4 is 5.56 Å². The van der Waals surface area contributed by atoms with Gasteiger partial charge in [-0.25, -0.2) is 9.78 Å². The van der Waals surface area contributed by atoms with Crippen molar-refractivity contribution < 1.29 is 9.53 Å². The van der Waals surface area contributed by atoms with Crippen molar-refractivity contribution in [2.24, 2.45) is 5.92 Å². The van der Waals surface area contributed by atoms with Gasteiger partial charge in [-0.15, -0.1) is 0 Å². The lowest BCUT2D eigenvalue weighted by atomic mass is 10.0. The zero-order chi connectivity index (χ0) is 18.7. The fourth-order valence-electron chi connectivity index (χ4n) is 2.80. The molecule has 0 aliphatic carbocycles. The number of aromatic amines is 1. The molecular weight excluding hydrogens is 330 g/mol. The maximum absolute atomic E-state index is 12.7. The van der Waals surface area contributed by atoms with Crippen molar-refractivity contribution >= 4 is 16.9 Å². The highest BCUT2D eigenvalue weighted by Crippen LogP contribution is 2.25. The number of esters is 1. The number of aryl methyl sites for hydroxylation is 1. The van der Waals surface area contributed by atoms with Gasteiger partial charge in [-0.2, -0.15) is 0 Å². The van der Waals surface area contributed by atoms with Crippen molar-refractivity contribution in [2.45, 2.75) is 33.3 Å². The highest BCUT2D eigenvalue weighted by Gasteiger charge is 2.21. The van der Waals surface area contributed by atoms with E-state index in [-0.39, 0.29) is 5.56 Å². The quantitative estimate of drug-likeness (QED) is 0.710. The minimum atomic E-state index is -0.456. The van der Waals surface area contributed by atoms with E-state index in [4.69, 9.17) is 4.74 Å². The first-order chi connectivity index (χ1) is 12.4. The van der Waals surface area contributed by atoms with Gasteiger partial charge in [-0.05, 0) is 49.6 Å². The molecule has 1 atom stereocenters. The van der Waals surface area contributed by atoms with E-state index in [9.17, 15) is 9.59 Å². The molecule has 1 unspecified atom stereocenters. The molecule has 0 aliphatic rings. The van der Waals surface area contributed by atoms with Crippen LogP contribution in [0.2, 0.25) is 0 Å². The van der Waals surface area contributed by atoms with Gasteiger partial charge in [-0.1, -0.05) is 19.9 Å². The summed E-state index contributed by atoms with van der Waals surface area (Å²) in [5.41, 5.74) is 1.33. The number of aromatic nitrogens is 3. The zero-order valence-electron chi connectivity index (χ0n) is 15.0. The topological polar surface area (TPSA) is 84.9 Å². The number of fused-ring (bicyclic) bond motifs is 1. The SMILES string of the molecule is Cc1nc2cc(C(=O)OC(CC(C)C)c3ccccn3)ccc2c(=O)[nH]1. The summed E-state index contributed by atoms with van der Waals surface area (Å²) in [5, 5.41) is 0.440. The summed E-state index contributed by atoms with van der Waals surface area (Å²) in [6.45, 7) is 5.84. The summed E-state index contributed by atoms with van der Waals surface area (Å²) < 4.78 is 5.73. The largest absolute Gasteiger partial charge is 0.452 e. The summed E-state index contributed by atoms with van der Waals surface area (Å²) in [7, 11) is 0. The number of pyridine rings is 1. The lowest BCUT2D eigenvalue weighted by Crippen LogP contribution is -2.15. The molecule has 26 heavy (non-hydrogen) atoms. The van der Waals surface area contributed by atoms with Crippen molar-refractivity contribution in [3.63, 3.8) is 0 Å². The molecule has 0 fully saturated rings. The van der Waals surface area contributed by atoms with E-state index < -0.39 is 12.1 Å². The number of hydrogen-bond donors (Lipinski definition) is 1. The highest BCUT2D eigenvalue weighted by atomic mass is 16.5. The van der Waals surface area contributed by atoms with E-state index in [0.29, 0.717) is 34.6 Å². The number of nitrogens with one attached hydrogen (secondary N) is 1. The van der Waals surface area contributed by atoms with E-state index in [1.54, 1.807) is 31.3 Å². The Morgan fingerprint density at radius 3 is 2.73 bits per heavy atom. The molecule has 1 N–H and O–H groups in total. The second kappa shape index (κ2) is 7.47. The fraction of sp³-hybridized carbons (Fsp3) is 0.300. The molecule has 2 heterocycles. The van der Waals surface area contributed by atoms with Crippen LogP contribution in [0, 0.1) is 12.8 Å². The molecule has 0 radical (unpaired) electrons. The Morgan fingerprint density at radius 1 is 1.23 bits per heavy atom. The Hall–Kier alpha value is -3.02. The van der Waals surface area contributed by atoms with Crippen molar-refractivity contribution in [1.29, 1.82) is 0 Å². The van der Waals surface area contributed by atoms with Crippen LogP contribution in [0.3, 0.4) is 0 Å². The normalized spacial score (nSPS) is 12.3. The van der Waals surface area contributed by atoms with Gasteiger partial charge < -0.3 is 9.72 Å². The standard InChI is InChI=1S/C20H21N3O3/c1-12(2)10-18(16-6-4-5-9-21-16)26-20(25)14-7-8-15-17(11-14)22-13(3)23-19(15)24/h4-9,11-12,18H,10H2,1-3H3,(H,22,23,24). The predicted octanol–water partition coefficient (Wildman–Crippen LogP) is 3.57. The molecule has 0 spiro atoms. The second-order valence-corrected chi connectivity index (χ2v) is 6.66. The number of carbonyl (C=O) groups is 1.